The van der Waals surface area contributed by atoms with Crippen LogP contribution < -0.4 is 10.4 Å². The van der Waals surface area contributed by atoms with Gasteiger partial charge in [0.25, 0.3) is 0 Å². The summed E-state index contributed by atoms with van der Waals surface area (Å²) in [5.41, 5.74) is 18.5. The SMILES string of the molecule is Cc1c([Si]c2c(C)c3c(c(Cl)c2C2=CC=CC2)Cc2ccccc2-3)c(C2=CC=CC2)c(Cl)c2c1-c1ccccc1C2. The molecule has 0 amide bonds. The lowest BCUT2D eigenvalue weighted by Gasteiger charge is -2.25. The fourth-order valence-corrected chi connectivity index (χ4v) is 10.0. The Hall–Kier alpha value is -3.36. The average Bonchev–Trinajstić information content (AvgIpc) is 3.80. The van der Waals surface area contributed by atoms with Gasteiger partial charge in [-0.2, -0.15) is 0 Å². The van der Waals surface area contributed by atoms with Crippen LogP contribution in [0.2, 0.25) is 10.0 Å². The second kappa shape index (κ2) is 9.59. The van der Waals surface area contributed by atoms with Crippen molar-refractivity contribution in [3.05, 3.63) is 140 Å². The summed E-state index contributed by atoms with van der Waals surface area (Å²) < 4.78 is 0. The summed E-state index contributed by atoms with van der Waals surface area (Å²) in [6.45, 7) is 4.64. The first-order valence-corrected chi connectivity index (χ1v) is 16.1. The van der Waals surface area contributed by atoms with Crippen molar-refractivity contribution in [3.8, 4) is 22.3 Å². The average molecular weight is 584 g/mol. The molecule has 0 aromatic heterocycles. The Balaban J connectivity index is 1.41. The number of rotatable bonds is 4. The molecule has 0 heterocycles. The minimum atomic E-state index is 0.434. The van der Waals surface area contributed by atoms with Gasteiger partial charge in [-0.05, 0) is 115 Å². The van der Waals surface area contributed by atoms with E-state index >= 15 is 0 Å². The fourth-order valence-electron chi connectivity index (χ4n) is 7.40. The Bertz CT molecular complexity index is 1810. The highest BCUT2D eigenvalue weighted by Gasteiger charge is 2.33. The van der Waals surface area contributed by atoms with Gasteiger partial charge in [0.05, 0.1) is 10.0 Å². The molecule has 0 saturated carbocycles. The smallest absolute Gasteiger partial charge is 0.0833 e. The molecule has 3 heteroatoms. The molecule has 4 aromatic carbocycles. The van der Waals surface area contributed by atoms with Crippen LogP contribution in [0.5, 0.6) is 0 Å². The van der Waals surface area contributed by atoms with E-state index in [9.17, 15) is 0 Å². The number of benzene rings is 4. The Morgan fingerprint density at radius 2 is 1.02 bits per heavy atom. The summed E-state index contributed by atoms with van der Waals surface area (Å²) in [5, 5.41) is 4.58. The van der Waals surface area contributed by atoms with Crippen LogP contribution in [0.4, 0.5) is 0 Å². The molecule has 2 radical (unpaired) electrons. The molecule has 0 saturated heterocycles. The standard InChI is InChI=1S/C38H28Cl2Si/c1-21-31-27-17-9-7-15-25(27)19-29(31)35(39)33(23-11-3-4-12-23)37(21)41-38-22(2)32-28-18-10-8-16-26(28)20-30(32)36(40)34(38)24-13-5-6-14-24/h3-11,13,15-18H,12,14,19-20H2,1-2H3. The lowest BCUT2D eigenvalue weighted by Crippen LogP contribution is -2.37. The first-order chi connectivity index (χ1) is 20.0. The molecule has 0 aliphatic heterocycles. The number of fused-ring (bicyclic) bond motifs is 6. The maximum absolute atomic E-state index is 7.45. The van der Waals surface area contributed by atoms with Gasteiger partial charge in [0, 0.05) is 12.8 Å². The van der Waals surface area contributed by atoms with Crippen molar-refractivity contribution in [1.29, 1.82) is 0 Å². The van der Waals surface area contributed by atoms with E-state index in [1.165, 1.54) is 88.3 Å². The zero-order valence-electron chi connectivity index (χ0n) is 23.2. The molecule has 4 aliphatic rings. The van der Waals surface area contributed by atoms with Crippen molar-refractivity contribution < 1.29 is 0 Å². The van der Waals surface area contributed by atoms with E-state index in [1.807, 2.05) is 0 Å². The third kappa shape index (κ3) is 3.72. The molecule has 0 bridgehead atoms. The third-order valence-electron chi connectivity index (χ3n) is 9.32. The van der Waals surface area contributed by atoms with Crippen molar-refractivity contribution in [2.75, 3.05) is 0 Å². The van der Waals surface area contributed by atoms with Crippen LogP contribution in [0.3, 0.4) is 0 Å². The zero-order chi connectivity index (χ0) is 27.8. The summed E-state index contributed by atoms with van der Waals surface area (Å²) >= 11 is 14.9. The fraction of sp³-hybridized carbons (Fsp3) is 0.158. The normalized spacial score (nSPS) is 15.6. The van der Waals surface area contributed by atoms with Gasteiger partial charge < -0.3 is 0 Å². The molecule has 0 unspecified atom stereocenters. The van der Waals surface area contributed by atoms with Crippen LogP contribution in [-0.2, 0) is 12.8 Å². The van der Waals surface area contributed by atoms with Crippen LogP contribution in [-0.4, -0.2) is 9.52 Å². The maximum atomic E-state index is 7.45. The van der Waals surface area contributed by atoms with Crippen LogP contribution in [0.1, 0.15) is 57.3 Å². The number of hydrogen-bond donors (Lipinski definition) is 0. The van der Waals surface area contributed by atoms with Gasteiger partial charge in [-0.25, -0.2) is 0 Å². The van der Waals surface area contributed by atoms with E-state index < -0.39 is 0 Å². The summed E-state index contributed by atoms with van der Waals surface area (Å²) in [6, 6.07) is 17.6. The van der Waals surface area contributed by atoms with Gasteiger partial charge in [-0.3, -0.25) is 0 Å². The third-order valence-corrected chi connectivity index (χ3v) is 11.9. The first-order valence-electron chi connectivity index (χ1n) is 14.4. The number of allylic oxidation sites excluding steroid dienone is 8. The molecule has 4 aromatic rings. The molecular formula is C38H28Cl2Si. The lowest BCUT2D eigenvalue weighted by atomic mass is 9.93. The van der Waals surface area contributed by atoms with Crippen LogP contribution in [0, 0.1) is 13.8 Å². The molecule has 4 aliphatic carbocycles. The van der Waals surface area contributed by atoms with E-state index in [0.717, 1.165) is 35.7 Å². The summed E-state index contributed by atoms with van der Waals surface area (Å²) in [5.74, 6) is 0. The summed E-state index contributed by atoms with van der Waals surface area (Å²) in [6.07, 6.45) is 17.0. The quantitative estimate of drug-likeness (QED) is 0.182. The topological polar surface area (TPSA) is 0 Å². The number of hydrogen-bond acceptors (Lipinski definition) is 0. The van der Waals surface area contributed by atoms with Gasteiger partial charge in [0.15, 0.2) is 0 Å². The van der Waals surface area contributed by atoms with E-state index in [1.54, 1.807) is 0 Å². The van der Waals surface area contributed by atoms with Gasteiger partial charge in [0.2, 0.25) is 0 Å². The van der Waals surface area contributed by atoms with Crippen LogP contribution in [0.15, 0.2) is 85.0 Å². The minimum absolute atomic E-state index is 0.434. The van der Waals surface area contributed by atoms with Crippen LogP contribution in [0.25, 0.3) is 33.4 Å². The van der Waals surface area contributed by atoms with Crippen molar-refractivity contribution in [2.24, 2.45) is 0 Å². The Morgan fingerprint density at radius 1 is 0.585 bits per heavy atom. The Morgan fingerprint density at radius 3 is 1.44 bits per heavy atom. The largest absolute Gasteiger partial charge is 0.124 e. The summed E-state index contributed by atoms with van der Waals surface area (Å²) in [7, 11) is 0.434. The predicted molar refractivity (Wildman–Crippen MR) is 177 cm³/mol. The van der Waals surface area contributed by atoms with Crippen molar-refractivity contribution in [1.82, 2.24) is 0 Å². The van der Waals surface area contributed by atoms with E-state index in [0.29, 0.717) is 9.52 Å². The van der Waals surface area contributed by atoms with Gasteiger partial charge in [0.1, 0.15) is 9.52 Å². The lowest BCUT2D eigenvalue weighted by molar-refractivity contribution is 1.25. The van der Waals surface area contributed by atoms with Crippen LogP contribution >= 0.6 is 23.2 Å². The monoisotopic (exact) mass is 582 g/mol. The Kier molecular flexibility index (Phi) is 5.93. The van der Waals surface area contributed by atoms with Gasteiger partial charge in [-0.15, -0.1) is 0 Å². The molecule has 0 nitrogen and oxygen atoms in total. The van der Waals surface area contributed by atoms with Gasteiger partial charge >= 0.3 is 0 Å². The second-order valence-electron chi connectivity index (χ2n) is 11.5. The highest BCUT2D eigenvalue weighted by atomic mass is 35.5. The molecule has 41 heavy (non-hydrogen) atoms. The second-order valence-corrected chi connectivity index (χ2v) is 13.5. The van der Waals surface area contributed by atoms with Gasteiger partial charge in [-0.1, -0.05) is 108 Å². The van der Waals surface area contributed by atoms with Crippen molar-refractivity contribution in [2.45, 2.75) is 39.5 Å². The van der Waals surface area contributed by atoms with Crippen molar-refractivity contribution >= 4 is 54.2 Å². The highest BCUT2D eigenvalue weighted by molar-refractivity contribution is 6.71. The van der Waals surface area contributed by atoms with E-state index in [-0.39, 0.29) is 0 Å². The molecular weight excluding hydrogens is 555 g/mol. The molecule has 8 rings (SSSR count). The molecule has 0 N–H and O–H groups in total. The van der Waals surface area contributed by atoms with E-state index in [2.05, 4.69) is 98.8 Å². The van der Waals surface area contributed by atoms with Crippen molar-refractivity contribution in [3.63, 3.8) is 0 Å². The van der Waals surface area contributed by atoms with E-state index in [4.69, 9.17) is 23.2 Å². The first kappa shape index (κ1) is 25.4. The maximum Gasteiger partial charge on any atom is 0.124 e. The zero-order valence-corrected chi connectivity index (χ0v) is 25.7. The summed E-state index contributed by atoms with van der Waals surface area (Å²) in [4.78, 5) is 0. The molecule has 0 atom stereocenters. The molecule has 198 valence electrons. The molecule has 0 spiro atoms. The predicted octanol–water partition coefficient (Wildman–Crippen LogP) is 9.09. The highest BCUT2D eigenvalue weighted by Crippen LogP contribution is 2.47. The Labute approximate surface area is 254 Å². The minimum Gasteiger partial charge on any atom is -0.0833 e. The number of halogens is 2. The molecule has 0 fully saturated rings.